The minimum Gasteiger partial charge on any atom is -0.325 e. The molecule has 2 aromatic rings. The summed E-state index contributed by atoms with van der Waals surface area (Å²) in [5.74, 6) is 0.00920. The fourth-order valence-electron chi connectivity index (χ4n) is 3.04. The third kappa shape index (κ3) is 3.69. The summed E-state index contributed by atoms with van der Waals surface area (Å²) in [6.45, 7) is 0. The second-order valence-electron chi connectivity index (χ2n) is 6.14. The van der Waals surface area contributed by atoms with E-state index in [9.17, 15) is 9.59 Å². The lowest BCUT2D eigenvalue weighted by atomic mass is 10.0. The highest BCUT2D eigenvalue weighted by atomic mass is 35.5. The number of rotatable bonds is 3. The van der Waals surface area contributed by atoms with Gasteiger partial charge in [-0.2, -0.15) is 0 Å². The van der Waals surface area contributed by atoms with E-state index in [-0.39, 0.29) is 11.8 Å². The first-order valence-electron chi connectivity index (χ1n) is 8.08. The molecule has 2 heterocycles. The summed E-state index contributed by atoms with van der Waals surface area (Å²) in [6, 6.07) is 7.87. The molecule has 8 heteroatoms. The van der Waals surface area contributed by atoms with Crippen LogP contribution in [0.15, 0.2) is 34.1 Å². The number of benzene rings is 2. The van der Waals surface area contributed by atoms with E-state index < -0.39 is 0 Å². The quantitative estimate of drug-likeness (QED) is 0.632. The number of hydrogen-bond donors (Lipinski definition) is 2. The topological polar surface area (TPSA) is 58.2 Å². The lowest BCUT2D eigenvalue weighted by Crippen LogP contribution is -2.19. The van der Waals surface area contributed by atoms with Gasteiger partial charge in [-0.15, -0.1) is 0 Å². The third-order valence-corrected chi connectivity index (χ3v) is 7.24. The number of hydrogen-bond acceptors (Lipinski definition) is 4. The van der Waals surface area contributed by atoms with Crippen molar-refractivity contribution in [3.05, 3.63) is 45.4 Å². The third-order valence-electron chi connectivity index (χ3n) is 4.30. The summed E-state index contributed by atoms with van der Waals surface area (Å²) in [4.78, 5) is 25.1. The van der Waals surface area contributed by atoms with Crippen LogP contribution in [0.1, 0.15) is 24.0 Å². The standard InChI is InChI=1S/C18H14Cl2N2O2S2/c19-13-7-11(5-9-1-3-15(23)21-17(9)13)25-26-12-6-10-2-4-16(24)22-18(10)14(20)8-12/h5-8H,1-4H2,(H,21,23)(H,22,24). The molecule has 0 saturated carbocycles. The van der Waals surface area contributed by atoms with Crippen molar-refractivity contribution >= 4 is 68.0 Å². The maximum absolute atomic E-state index is 11.5. The summed E-state index contributed by atoms with van der Waals surface area (Å²) in [7, 11) is 3.19. The molecule has 0 fully saturated rings. The average Bonchev–Trinajstić information content (AvgIpc) is 2.61. The van der Waals surface area contributed by atoms with Crippen LogP contribution in [0.4, 0.5) is 11.4 Å². The first-order valence-corrected chi connectivity index (χ1v) is 11.0. The Morgan fingerprint density at radius 3 is 1.54 bits per heavy atom. The van der Waals surface area contributed by atoms with Crippen LogP contribution in [0, 0.1) is 0 Å². The molecular formula is C18H14Cl2N2O2S2. The summed E-state index contributed by atoms with van der Waals surface area (Å²) < 4.78 is 0. The molecule has 0 aliphatic carbocycles. The van der Waals surface area contributed by atoms with Gasteiger partial charge >= 0.3 is 0 Å². The van der Waals surface area contributed by atoms with Crippen LogP contribution < -0.4 is 10.6 Å². The number of amides is 2. The zero-order valence-corrected chi connectivity index (χ0v) is 16.7. The highest BCUT2D eigenvalue weighted by Crippen LogP contribution is 2.44. The molecule has 4 rings (SSSR count). The predicted molar refractivity (Wildman–Crippen MR) is 109 cm³/mol. The minimum absolute atomic E-state index is 0.00460. The second-order valence-corrected chi connectivity index (χ2v) is 9.23. The highest BCUT2D eigenvalue weighted by molar-refractivity contribution is 8.76. The molecule has 2 aliphatic heterocycles. The molecule has 0 radical (unpaired) electrons. The van der Waals surface area contributed by atoms with Crippen molar-refractivity contribution < 1.29 is 9.59 Å². The van der Waals surface area contributed by atoms with E-state index in [1.807, 2.05) is 12.1 Å². The molecule has 0 saturated heterocycles. The van der Waals surface area contributed by atoms with Crippen LogP contribution in [-0.2, 0) is 22.4 Å². The van der Waals surface area contributed by atoms with Gasteiger partial charge in [0.2, 0.25) is 11.8 Å². The van der Waals surface area contributed by atoms with Gasteiger partial charge in [0.05, 0.1) is 21.4 Å². The van der Waals surface area contributed by atoms with E-state index in [1.165, 1.54) is 0 Å². The van der Waals surface area contributed by atoms with Crippen LogP contribution >= 0.6 is 44.8 Å². The van der Waals surface area contributed by atoms with Crippen molar-refractivity contribution in [1.82, 2.24) is 0 Å². The lowest BCUT2D eigenvalue weighted by molar-refractivity contribution is -0.117. The number of anilines is 2. The zero-order chi connectivity index (χ0) is 18.3. The number of carbonyl (C=O) groups is 2. The fraction of sp³-hybridized carbons (Fsp3) is 0.222. The van der Waals surface area contributed by atoms with Gasteiger partial charge in [-0.1, -0.05) is 44.8 Å². The van der Waals surface area contributed by atoms with Crippen molar-refractivity contribution in [2.75, 3.05) is 10.6 Å². The highest BCUT2D eigenvalue weighted by Gasteiger charge is 2.20. The molecule has 0 spiro atoms. The van der Waals surface area contributed by atoms with Crippen molar-refractivity contribution in [3.8, 4) is 0 Å². The molecule has 134 valence electrons. The van der Waals surface area contributed by atoms with E-state index in [0.29, 0.717) is 35.7 Å². The SMILES string of the molecule is O=C1CCc2cc(SSc3cc(Cl)c4c(c3)CCC(=O)N4)cc(Cl)c2N1. The summed E-state index contributed by atoms with van der Waals surface area (Å²) in [6.07, 6.45) is 2.36. The Labute approximate surface area is 168 Å². The molecule has 0 atom stereocenters. The monoisotopic (exact) mass is 424 g/mol. The molecule has 2 N–H and O–H groups in total. The van der Waals surface area contributed by atoms with Crippen molar-refractivity contribution in [3.63, 3.8) is 0 Å². The van der Waals surface area contributed by atoms with Gasteiger partial charge in [0.1, 0.15) is 0 Å². The van der Waals surface area contributed by atoms with Gasteiger partial charge in [0, 0.05) is 22.6 Å². The van der Waals surface area contributed by atoms with Gasteiger partial charge in [-0.25, -0.2) is 0 Å². The molecule has 2 aliphatic rings. The molecular weight excluding hydrogens is 411 g/mol. The van der Waals surface area contributed by atoms with Crippen LogP contribution in [0.3, 0.4) is 0 Å². The smallest absolute Gasteiger partial charge is 0.224 e. The molecule has 2 amide bonds. The number of fused-ring (bicyclic) bond motifs is 2. The van der Waals surface area contributed by atoms with Gasteiger partial charge < -0.3 is 10.6 Å². The van der Waals surface area contributed by atoms with Gasteiger partial charge in [0.15, 0.2) is 0 Å². The van der Waals surface area contributed by atoms with Gasteiger partial charge in [-0.05, 0) is 48.2 Å². The Kier molecular flexibility index (Phi) is 5.10. The maximum Gasteiger partial charge on any atom is 0.224 e. The number of aryl methyl sites for hydroxylation is 2. The van der Waals surface area contributed by atoms with E-state index in [0.717, 1.165) is 32.3 Å². The van der Waals surface area contributed by atoms with Crippen molar-refractivity contribution in [2.45, 2.75) is 35.5 Å². The normalized spacial score (nSPS) is 15.8. The average molecular weight is 425 g/mol. The van der Waals surface area contributed by atoms with Crippen molar-refractivity contribution in [2.24, 2.45) is 0 Å². The van der Waals surface area contributed by atoms with Crippen LogP contribution in [0.25, 0.3) is 0 Å². The minimum atomic E-state index is 0.00460. The lowest BCUT2D eigenvalue weighted by Gasteiger charge is -2.20. The Morgan fingerprint density at radius 1 is 0.692 bits per heavy atom. The summed E-state index contributed by atoms with van der Waals surface area (Å²) in [5, 5.41) is 6.79. The van der Waals surface area contributed by atoms with Crippen LogP contribution in [-0.4, -0.2) is 11.8 Å². The van der Waals surface area contributed by atoms with Crippen molar-refractivity contribution in [1.29, 1.82) is 0 Å². The second kappa shape index (κ2) is 7.35. The largest absolute Gasteiger partial charge is 0.325 e. The fourth-order valence-corrected chi connectivity index (χ4v) is 5.80. The zero-order valence-electron chi connectivity index (χ0n) is 13.5. The number of carbonyl (C=O) groups excluding carboxylic acids is 2. The van der Waals surface area contributed by atoms with Crippen LogP contribution in [0.2, 0.25) is 10.0 Å². The maximum atomic E-state index is 11.5. The molecule has 0 aromatic heterocycles. The van der Waals surface area contributed by atoms with E-state index in [4.69, 9.17) is 23.2 Å². The van der Waals surface area contributed by atoms with Gasteiger partial charge in [-0.3, -0.25) is 9.59 Å². The Balaban J connectivity index is 1.53. The number of halogens is 2. The van der Waals surface area contributed by atoms with E-state index in [1.54, 1.807) is 21.6 Å². The first-order chi connectivity index (χ1) is 12.5. The first kappa shape index (κ1) is 18.0. The Bertz CT molecular complexity index is 858. The Hall–Kier alpha value is -1.34. The molecule has 2 aromatic carbocycles. The number of nitrogens with one attached hydrogen (secondary N) is 2. The van der Waals surface area contributed by atoms with Crippen LogP contribution in [0.5, 0.6) is 0 Å². The summed E-state index contributed by atoms with van der Waals surface area (Å²) >= 11 is 12.7. The van der Waals surface area contributed by atoms with E-state index >= 15 is 0 Å². The van der Waals surface area contributed by atoms with Gasteiger partial charge in [0.25, 0.3) is 0 Å². The molecule has 26 heavy (non-hydrogen) atoms. The predicted octanol–water partition coefficient (Wildman–Crippen LogP) is 5.56. The molecule has 0 unspecified atom stereocenters. The van der Waals surface area contributed by atoms with E-state index in [2.05, 4.69) is 22.8 Å². The Morgan fingerprint density at radius 2 is 1.12 bits per heavy atom. The molecule has 4 nitrogen and oxygen atoms in total. The molecule has 0 bridgehead atoms. The summed E-state index contributed by atoms with van der Waals surface area (Å²) in [5.41, 5.74) is 3.58.